The van der Waals surface area contributed by atoms with Crippen molar-refractivity contribution in [2.24, 2.45) is 0 Å². The van der Waals surface area contributed by atoms with Crippen molar-refractivity contribution in [3.8, 4) is 12.3 Å². The molecular formula is C31H58O3Si3. The van der Waals surface area contributed by atoms with Crippen LogP contribution in [0.2, 0.25) is 54.4 Å². The fourth-order valence-electron chi connectivity index (χ4n) is 4.09. The van der Waals surface area contributed by atoms with Gasteiger partial charge in [0.05, 0.1) is 12.2 Å². The molecule has 0 radical (unpaired) electrons. The summed E-state index contributed by atoms with van der Waals surface area (Å²) in [5, 5.41) is 0.257. The minimum Gasteiger partial charge on any atom is -0.417 e. The zero-order chi connectivity index (χ0) is 28.7. The quantitative estimate of drug-likeness (QED) is 0.167. The summed E-state index contributed by atoms with van der Waals surface area (Å²) in [6.45, 7) is 30.7. The number of benzene rings is 1. The lowest BCUT2D eigenvalue weighted by Crippen LogP contribution is -2.42. The van der Waals surface area contributed by atoms with E-state index in [-0.39, 0.29) is 22.3 Å². The maximum absolute atomic E-state index is 7.06. The largest absolute Gasteiger partial charge is 0.417 e. The molecule has 0 amide bonds. The lowest BCUT2D eigenvalue weighted by molar-refractivity contribution is 0.143. The van der Waals surface area contributed by atoms with Gasteiger partial charge >= 0.3 is 0 Å². The highest BCUT2D eigenvalue weighted by Crippen LogP contribution is 2.43. The van der Waals surface area contributed by atoms with Crippen molar-refractivity contribution >= 4 is 25.0 Å². The molecule has 0 aliphatic heterocycles. The highest BCUT2D eigenvalue weighted by Gasteiger charge is 2.41. The average Bonchev–Trinajstić information content (AvgIpc) is 2.79. The van der Waals surface area contributed by atoms with Crippen LogP contribution in [0.3, 0.4) is 0 Å². The molecule has 0 bridgehead atoms. The van der Waals surface area contributed by atoms with Crippen molar-refractivity contribution in [3.05, 3.63) is 35.4 Å². The number of hydrogen-bond donors (Lipinski definition) is 0. The molecule has 1 aromatic rings. The molecule has 3 nitrogen and oxygen atoms in total. The van der Waals surface area contributed by atoms with Crippen LogP contribution in [0.5, 0.6) is 0 Å². The van der Waals surface area contributed by atoms with Crippen LogP contribution >= 0.6 is 0 Å². The Kier molecular flexibility index (Phi) is 12.6. The third-order valence-electron chi connectivity index (χ3n) is 9.16. The molecule has 0 aliphatic carbocycles. The first kappa shape index (κ1) is 34.3. The van der Waals surface area contributed by atoms with Crippen LogP contribution in [-0.2, 0) is 13.3 Å². The van der Waals surface area contributed by atoms with Crippen LogP contribution in [0.25, 0.3) is 0 Å². The number of terminal acetylenes is 1. The molecular weight excluding hydrogens is 505 g/mol. The van der Waals surface area contributed by atoms with Gasteiger partial charge in [-0.2, -0.15) is 0 Å². The zero-order valence-electron chi connectivity index (χ0n) is 26.5. The standard InChI is InChI=1S/C31H58O3Si3/c1-15-20-28(33-35(11,12)30(5,6)7)26-21-19-22-27(25-26)29(34-36(13,14)31(8,9)10)23-24-32-37(16-2,17-3)18-4/h1,19,21-22,25,28-29H,16-18,20,23-24H2,2-14H3/t28-,29+/m0/s1. The van der Waals surface area contributed by atoms with E-state index in [2.05, 4.69) is 119 Å². The molecule has 6 heteroatoms. The molecule has 2 atom stereocenters. The summed E-state index contributed by atoms with van der Waals surface area (Å²) >= 11 is 0. The first-order valence-corrected chi connectivity index (χ1v) is 22.8. The van der Waals surface area contributed by atoms with Gasteiger partial charge in [-0.05, 0) is 71.9 Å². The highest BCUT2D eigenvalue weighted by atomic mass is 28.4. The van der Waals surface area contributed by atoms with Crippen molar-refractivity contribution in [3.63, 3.8) is 0 Å². The summed E-state index contributed by atoms with van der Waals surface area (Å²) in [7, 11) is -5.63. The van der Waals surface area contributed by atoms with Crippen LogP contribution in [-0.4, -0.2) is 31.6 Å². The lowest BCUT2D eigenvalue weighted by Gasteiger charge is -2.40. The second-order valence-corrected chi connectivity index (χ2v) is 28.0. The monoisotopic (exact) mass is 562 g/mol. The van der Waals surface area contributed by atoms with Crippen molar-refractivity contribution in [1.29, 1.82) is 0 Å². The normalized spacial score (nSPS) is 15.4. The highest BCUT2D eigenvalue weighted by molar-refractivity contribution is 6.74. The van der Waals surface area contributed by atoms with Gasteiger partial charge in [0.2, 0.25) is 0 Å². The molecule has 0 aliphatic rings. The van der Waals surface area contributed by atoms with Crippen LogP contribution in [0.4, 0.5) is 0 Å². The fraction of sp³-hybridized carbons (Fsp3) is 0.742. The predicted molar refractivity (Wildman–Crippen MR) is 170 cm³/mol. The van der Waals surface area contributed by atoms with Crippen LogP contribution in [0.1, 0.15) is 98.5 Å². The van der Waals surface area contributed by atoms with Crippen molar-refractivity contribution in [2.45, 2.75) is 142 Å². The van der Waals surface area contributed by atoms with Gasteiger partial charge in [0.15, 0.2) is 25.0 Å². The number of hydrogen-bond acceptors (Lipinski definition) is 3. The second kappa shape index (κ2) is 13.6. The topological polar surface area (TPSA) is 27.7 Å². The van der Waals surface area contributed by atoms with Crippen LogP contribution in [0.15, 0.2) is 24.3 Å². The summed E-state index contributed by atoms with van der Waals surface area (Å²) in [6.07, 6.45) is 7.16. The number of rotatable bonds is 14. The van der Waals surface area contributed by atoms with E-state index in [1.807, 2.05) is 0 Å². The molecule has 1 aromatic carbocycles. The summed E-state index contributed by atoms with van der Waals surface area (Å²) in [4.78, 5) is 0. The summed E-state index contributed by atoms with van der Waals surface area (Å²) in [5.41, 5.74) is 2.37. The Labute approximate surface area is 233 Å². The fourth-order valence-corrected chi connectivity index (χ4v) is 9.36. The van der Waals surface area contributed by atoms with Gasteiger partial charge < -0.3 is 13.3 Å². The van der Waals surface area contributed by atoms with E-state index < -0.39 is 25.0 Å². The predicted octanol–water partition coefficient (Wildman–Crippen LogP) is 10.2. The smallest absolute Gasteiger partial charge is 0.192 e. The van der Waals surface area contributed by atoms with Gasteiger partial charge in [0.1, 0.15) is 0 Å². The molecule has 0 unspecified atom stereocenters. The molecule has 37 heavy (non-hydrogen) atoms. The lowest BCUT2D eigenvalue weighted by atomic mass is 10.00. The molecule has 0 spiro atoms. The second-order valence-electron chi connectivity index (χ2n) is 13.7. The first-order valence-electron chi connectivity index (χ1n) is 14.4. The molecule has 0 aromatic heterocycles. The first-order chi connectivity index (χ1) is 16.9. The molecule has 212 valence electrons. The SMILES string of the molecule is C#CC[C@H](O[Si](C)(C)C(C)(C)C)c1cccc([C@@H](CCO[Si](CC)(CC)CC)O[Si](C)(C)C(C)(C)C)c1. The Hall–Kier alpha value is -0.689. The van der Waals surface area contributed by atoms with Crippen LogP contribution in [0, 0.1) is 12.3 Å². The van der Waals surface area contributed by atoms with Gasteiger partial charge in [-0.25, -0.2) is 0 Å². The van der Waals surface area contributed by atoms with Gasteiger partial charge in [0, 0.05) is 13.0 Å². The zero-order valence-corrected chi connectivity index (χ0v) is 29.5. The molecule has 0 saturated carbocycles. The molecule has 0 heterocycles. The molecule has 1 rings (SSSR count). The van der Waals surface area contributed by atoms with E-state index >= 15 is 0 Å². The van der Waals surface area contributed by atoms with E-state index in [0.717, 1.165) is 18.6 Å². The maximum Gasteiger partial charge on any atom is 0.192 e. The third-order valence-corrected chi connectivity index (χ3v) is 22.8. The Morgan fingerprint density at radius 1 is 0.784 bits per heavy atom. The summed E-state index contributed by atoms with van der Waals surface area (Å²) < 4.78 is 20.6. The molecule has 0 N–H and O–H groups in total. The Morgan fingerprint density at radius 2 is 1.22 bits per heavy atom. The molecule has 0 fully saturated rings. The van der Waals surface area contributed by atoms with E-state index in [1.165, 1.54) is 23.7 Å². The Morgan fingerprint density at radius 3 is 1.62 bits per heavy atom. The van der Waals surface area contributed by atoms with E-state index in [9.17, 15) is 0 Å². The van der Waals surface area contributed by atoms with Gasteiger partial charge in [0.25, 0.3) is 0 Å². The minimum atomic E-state index is -2.00. The van der Waals surface area contributed by atoms with Crippen molar-refractivity contribution in [2.75, 3.05) is 6.61 Å². The Bertz CT molecular complexity index is 863. The van der Waals surface area contributed by atoms with Crippen molar-refractivity contribution in [1.82, 2.24) is 0 Å². The average molecular weight is 563 g/mol. The summed E-state index contributed by atoms with van der Waals surface area (Å²) in [5.74, 6) is 2.87. The summed E-state index contributed by atoms with van der Waals surface area (Å²) in [6, 6.07) is 12.3. The third kappa shape index (κ3) is 9.47. The van der Waals surface area contributed by atoms with E-state index in [1.54, 1.807) is 0 Å². The van der Waals surface area contributed by atoms with E-state index in [0.29, 0.717) is 6.42 Å². The van der Waals surface area contributed by atoms with Crippen LogP contribution < -0.4 is 0 Å². The Balaban J connectivity index is 3.37. The van der Waals surface area contributed by atoms with Gasteiger partial charge in [-0.1, -0.05) is 86.6 Å². The van der Waals surface area contributed by atoms with E-state index in [4.69, 9.17) is 19.7 Å². The minimum absolute atomic E-state index is 0.00235. The maximum atomic E-state index is 7.06. The van der Waals surface area contributed by atoms with Crippen molar-refractivity contribution < 1.29 is 13.3 Å². The van der Waals surface area contributed by atoms with Gasteiger partial charge in [-0.3, -0.25) is 0 Å². The van der Waals surface area contributed by atoms with Gasteiger partial charge in [-0.15, -0.1) is 12.3 Å². The molecule has 0 saturated heterocycles.